The molecule has 9 heteroatoms. The van der Waals surface area contributed by atoms with E-state index in [4.69, 9.17) is 28.9 Å². The standard InChI is InChI=1S/C11H7Cl2F3N4/c12-6-2-1-5(3-7(6)13)18-9-4-8(17)19-10(20-9)11(14,15)16/h1-4H,(H3,17,18,19,20). The van der Waals surface area contributed by atoms with E-state index in [9.17, 15) is 13.2 Å². The van der Waals surface area contributed by atoms with Crippen LogP contribution in [0.4, 0.5) is 30.5 Å². The van der Waals surface area contributed by atoms with Crippen LogP contribution in [0.5, 0.6) is 0 Å². The lowest BCUT2D eigenvalue weighted by molar-refractivity contribution is -0.144. The molecule has 3 N–H and O–H groups in total. The fourth-order valence-corrected chi connectivity index (χ4v) is 1.68. The maximum absolute atomic E-state index is 12.6. The van der Waals surface area contributed by atoms with Crippen LogP contribution in [0.2, 0.25) is 10.0 Å². The van der Waals surface area contributed by atoms with Crippen LogP contribution >= 0.6 is 23.2 Å². The Hall–Kier alpha value is -1.73. The number of aromatic nitrogens is 2. The van der Waals surface area contributed by atoms with Gasteiger partial charge in [0.25, 0.3) is 0 Å². The summed E-state index contributed by atoms with van der Waals surface area (Å²) in [5.41, 5.74) is 5.75. The average Bonchev–Trinajstić information content (AvgIpc) is 2.32. The van der Waals surface area contributed by atoms with Crippen molar-refractivity contribution in [1.29, 1.82) is 0 Å². The molecule has 0 fully saturated rings. The number of rotatable bonds is 2. The van der Waals surface area contributed by atoms with Crippen LogP contribution < -0.4 is 11.1 Å². The fraction of sp³-hybridized carbons (Fsp3) is 0.0909. The van der Waals surface area contributed by atoms with E-state index in [0.29, 0.717) is 10.7 Å². The lowest BCUT2D eigenvalue weighted by atomic mass is 10.3. The molecular weight excluding hydrogens is 316 g/mol. The molecule has 106 valence electrons. The van der Waals surface area contributed by atoms with Gasteiger partial charge in [-0.3, -0.25) is 0 Å². The molecule has 2 aromatic rings. The van der Waals surface area contributed by atoms with E-state index in [0.717, 1.165) is 0 Å². The van der Waals surface area contributed by atoms with Gasteiger partial charge in [0.1, 0.15) is 11.6 Å². The first-order valence-electron chi connectivity index (χ1n) is 5.19. The predicted molar refractivity (Wildman–Crippen MR) is 71.2 cm³/mol. The van der Waals surface area contributed by atoms with Crippen LogP contribution in [0.15, 0.2) is 24.3 Å². The maximum atomic E-state index is 12.6. The summed E-state index contributed by atoms with van der Waals surface area (Å²) < 4.78 is 37.7. The van der Waals surface area contributed by atoms with Crippen LogP contribution in [0.1, 0.15) is 5.82 Å². The van der Waals surface area contributed by atoms with E-state index < -0.39 is 12.0 Å². The van der Waals surface area contributed by atoms with Crippen LogP contribution in [0.3, 0.4) is 0 Å². The number of alkyl halides is 3. The minimum Gasteiger partial charge on any atom is -0.384 e. The lowest BCUT2D eigenvalue weighted by Crippen LogP contribution is -2.13. The highest BCUT2D eigenvalue weighted by Gasteiger charge is 2.35. The molecule has 2 rings (SSSR count). The molecule has 0 unspecified atom stereocenters. The van der Waals surface area contributed by atoms with Crippen molar-refractivity contribution in [2.75, 3.05) is 11.1 Å². The van der Waals surface area contributed by atoms with Gasteiger partial charge in [-0.25, -0.2) is 9.97 Å². The summed E-state index contributed by atoms with van der Waals surface area (Å²) in [6.07, 6.45) is -4.68. The summed E-state index contributed by atoms with van der Waals surface area (Å²) in [4.78, 5) is 6.48. The molecule has 0 aliphatic rings. The molecular formula is C11H7Cl2F3N4. The third kappa shape index (κ3) is 3.43. The third-order valence-corrected chi connectivity index (χ3v) is 2.93. The summed E-state index contributed by atoms with van der Waals surface area (Å²) in [6.45, 7) is 0. The number of halogens is 5. The van der Waals surface area contributed by atoms with Gasteiger partial charge in [0, 0.05) is 11.8 Å². The second-order valence-electron chi connectivity index (χ2n) is 3.75. The highest BCUT2D eigenvalue weighted by atomic mass is 35.5. The van der Waals surface area contributed by atoms with Gasteiger partial charge < -0.3 is 11.1 Å². The van der Waals surface area contributed by atoms with Gasteiger partial charge in [0.2, 0.25) is 5.82 Å². The summed E-state index contributed by atoms with van der Waals surface area (Å²) in [5, 5.41) is 3.24. The number of nitrogens with one attached hydrogen (secondary N) is 1. The Morgan fingerprint density at radius 3 is 2.35 bits per heavy atom. The highest BCUT2D eigenvalue weighted by Crippen LogP contribution is 2.30. The molecule has 0 aliphatic carbocycles. The van der Waals surface area contributed by atoms with E-state index in [-0.39, 0.29) is 16.7 Å². The van der Waals surface area contributed by atoms with Crippen molar-refractivity contribution in [2.24, 2.45) is 0 Å². The Balaban J connectivity index is 2.33. The van der Waals surface area contributed by atoms with Crippen molar-refractivity contribution in [3.63, 3.8) is 0 Å². The third-order valence-electron chi connectivity index (χ3n) is 2.19. The first-order valence-corrected chi connectivity index (χ1v) is 5.95. The number of nitrogen functional groups attached to an aromatic ring is 1. The Kier molecular flexibility index (Phi) is 3.92. The summed E-state index contributed by atoms with van der Waals surface area (Å²) in [7, 11) is 0. The molecule has 20 heavy (non-hydrogen) atoms. The zero-order chi connectivity index (χ0) is 14.9. The van der Waals surface area contributed by atoms with Crippen molar-refractivity contribution in [1.82, 2.24) is 9.97 Å². The van der Waals surface area contributed by atoms with Gasteiger partial charge in [-0.05, 0) is 18.2 Å². The topological polar surface area (TPSA) is 63.8 Å². The monoisotopic (exact) mass is 322 g/mol. The molecule has 1 heterocycles. The van der Waals surface area contributed by atoms with Crippen molar-refractivity contribution < 1.29 is 13.2 Å². The van der Waals surface area contributed by atoms with Gasteiger partial charge in [-0.15, -0.1) is 0 Å². The van der Waals surface area contributed by atoms with Gasteiger partial charge in [-0.1, -0.05) is 23.2 Å². The summed E-state index contributed by atoms with van der Waals surface area (Å²) >= 11 is 11.5. The Bertz CT molecular complexity index is 646. The van der Waals surface area contributed by atoms with Gasteiger partial charge in [0.05, 0.1) is 10.0 Å². The summed E-state index contributed by atoms with van der Waals surface area (Å²) in [5.74, 6) is -1.71. The van der Waals surface area contributed by atoms with Gasteiger partial charge in [0.15, 0.2) is 0 Å². The Labute approximate surface area is 121 Å². The maximum Gasteiger partial charge on any atom is 0.451 e. The minimum absolute atomic E-state index is 0.0942. The van der Waals surface area contributed by atoms with Crippen LogP contribution in [-0.4, -0.2) is 9.97 Å². The second kappa shape index (κ2) is 5.34. The molecule has 0 atom stereocenters. The minimum atomic E-state index is -4.68. The Morgan fingerprint density at radius 1 is 1.05 bits per heavy atom. The lowest BCUT2D eigenvalue weighted by Gasteiger charge is -2.10. The van der Waals surface area contributed by atoms with Crippen molar-refractivity contribution >= 4 is 40.5 Å². The van der Waals surface area contributed by atoms with E-state index >= 15 is 0 Å². The van der Waals surface area contributed by atoms with Crippen LogP contribution in [-0.2, 0) is 6.18 Å². The number of nitrogens with two attached hydrogens (primary N) is 1. The molecule has 0 saturated heterocycles. The zero-order valence-corrected chi connectivity index (χ0v) is 11.2. The molecule has 0 bridgehead atoms. The molecule has 1 aromatic heterocycles. The number of anilines is 3. The largest absolute Gasteiger partial charge is 0.451 e. The van der Waals surface area contributed by atoms with E-state index in [2.05, 4.69) is 15.3 Å². The molecule has 0 saturated carbocycles. The van der Waals surface area contributed by atoms with E-state index in [1.807, 2.05) is 0 Å². The molecule has 0 radical (unpaired) electrons. The summed E-state index contributed by atoms with van der Waals surface area (Å²) in [6, 6.07) is 5.68. The quantitative estimate of drug-likeness (QED) is 0.872. The van der Waals surface area contributed by atoms with E-state index in [1.54, 1.807) is 6.07 Å². The molecule has 0 aliphatic heterocycles. The number of benzene rings is 1. The first-order chi connectivity index (χ1) is 9.25. The predicted octanol–water partition coefficient (Wildman–Crippen LogP) is 4.13. The van der Waals surface area contributed by atoms with Gasteiger partial charge >= 0.3 is 6.18 Å². The second-order valence-corrected chi connectivity index (χ2v) is 4.57. The normalized spacial score (nSPS) is 11.4. The van der Waals surface area contributed by atoms with Crippen LogP contribution in [0, 0.1) is 0 Å². The van der Waals surface area contributed by atoms with Gasteiger partial charge in [-0.2, -0.15) is 13.2 Å². The van der Waals surface area contributed by atoms with Crippen molar-refractivity contribution in [2.45, 2.75) is 6.18 Å². The molecule has 0 amide bonds. The number of nitrogens with zero attached hydrogens (tertiary/aromatic N) is 2. The highest BCUT2D eigenvalue weighted by molar-refractivity contribution is 6.42. The Morgan fingerprint density at radius 2 is 1.75 bits per heavy atom. The first kappa shape index (κ1) is 14.7. The van der Waals surface area contributed by atoms with Crippen LogP contribution in [0.25, 0.3) is 0 Å². The molecule has 0 spiro atoms. The average molecular weight is 323 g/mol. The van der Waals surface area contributed by atoms with Crippen molar-refractivity contribution in [3.8, 4) is 0 Å². The fourth-order valence-electron chi connectivity index (χ4n) is 1.38. The molecule has 4 nitrogen and oxygen atoms in total. The molecule has 1 aromatic carbocycles. The van der Waals surface area contributed by atoms with E-state index in [1.165, 1.54) is 18.2 Å². The zero-order valence-electron chi connectivity index (χ0n) is 9.67. The SMILES string of the molecule is Nc1cc(Nc2ccc(Cl)c(Cl)c2)nc(C(F)(F)F)n1. The number of hydrogen-bond donors (Lipinski definition) is 2. The smallest absolute Gasteiger partial charge is 0.384 e. The number of hydrogen-bond acceptors (Lipinski definition) is 4. The van der Waals surface area contributed by atoms with Crippen molar-refractivity contribution in [3.05, 3.63) is 40.1 Å².